The molecule has 4 atom stereocenters. The molecule has 2 aliphatic carbocycles. The second-order valence-electron chi connectivity index (χ2n) is 7.02. The summed E-state index contributed by atoms with van der Waals surface area (Å²) in [5.41, 5.74) is -0.0457. The standard InChI is InChI=1S/C16H28N2O4/c1-6-21-13(19)17-11-10-8-9-16(5,15(10,3)4)12(11)18-14(20)22-7-2/h10-12H,6-9H2,1-5H3,(H,17,19)(H,18,20)/t10-,11-,12-,16+/m1/s1. The summed E-state index contributed by atoms with van der Waals surface area (Å²) in [6, 6.07) is -0.276. The second kappa shape index (κ2) is 5.97. The molecule has 0 aromatic carbocycles. The maximum atomic E-state index is 11.9. The molecule has 2 saturated carbocycles. The van der Waals surface area contributed by atoms with E-state index in [1.54, 1.807) is 13.8 Å². The van der Waals surface area contributed by atoms with E-state index in [-0.39, 0.29) is 22.9 Å². The van der Waals surface area contributed by atoms with Gasteiger partial charge in [-0.25, -0.2) is 9.59 Å². The van der Waals surface area contributed by atoms with Gasteiger partial charge in [0.15, 0.2) is 0 Å². The zero-order valence-corrected chi connectivity index (χ0v) is 14.2. The molecule has 2 amide bonds. The van der Waals surface area contributed by atoms with Gasteiger partial charge in [0.1, 0.15) is 0 Å². The number of carbonyl (C=O) groups is 2. The summed E-state index contributed by atoms with van der Waals surface area (Å²) in [4.78, 5) is 23.8. The summed E-state index contributed by atoms with van der Waals surface area (Å²) < 4.78 is 10.1. The summed E-state index contributed by atoms with van der Waals surface area (Å²) in [7, 11) is 0. The van der Waals surface area contributed by atoms with Crippen molar-refractivity contribution in [1.82, 2.24) is 10.6 Å². The van der Waals surface area contributed by atoms with Gasteiger partial charge in [-0.2, -0.15) is 0 Å². The van der Waals surface area contributed by atoms with E-state index in [9.17, 15) is 9.59 Å². The van der Waals surface area contributed by atoms with E-state index in [1.807, 2.05) is 0 Å². The lowest BCUT2D eigenvalue weighted by molar-refractivity contribution is 0.0992. The first-order valence-corrected chi connectivity index (χ1v) is 8.14. The molecule has 6 heteroatoms. The lowest BCUT2D eigenvalue weighted by Crippen LogP contribution is -2.57. The Morgan fingerprint density at radius 3 is 2.14 bits per heavy atom. The van der Waals surface area contributed by atoms with Gasteiger partial charge >= 0.3 is 12.2 Å². The molecular formula is C16H28N2O4. The molecule has 0 aromatic rings. The van der Waals surface area contributed by atoms with Crippen molar-refractivity contribution in [2.45, 2.75) is 59.5 Å². The van der Waals surface area contributed by atoms with Gasteiger partial charge < -0.3 is 20.1 Å². The highest BCUT2D eigenvalue weighted by atomic mass is 16.6. The Labute approximate surface area is 132 Å². The number of hydrogen-bond acceptors (Lipinski definition) is 4. The minimum absolute atomic E-state index is 0.0291. The Bertz CT molecular complexity index is 451. The highest BCUT2D eigenvalue weighted by Gasteiger charge is 2.67. The van der Waals surface area contributed by atoms with Gasteiger partial charge in [0, 0.05) is 0 Å². The Kier molecular flexibility index (Phi) is 4.59. The van der Waals surface area contributed by atoms with Crippen LogP contribution in [0.5, 0.6) is 0 Å². The van der Waals surface area contributed by atoms with Crippen LogP contribution in [0.2, 0.25) is 0 Å². The Morgan fingerprint density at radius 1 is 1.05 bits per heavy atom. The normalized spacial score (nSPS) is 35.0. The van der Waals surface area contributed by atoms with Gasteiger partial charge in [-0.3, -0.25) is 0 Å². The molecule has 2 bridgehead atoms. The first-order chi connectivity index (χ1) is 10.3. The lowest BCUT2D eigenvalue weighted by atomic mass is 9.69. The largest absolute Gasteiger partial charge is 0.450 e. The third kappa shape index (κ3) is 2.52. The predicted octanol–water partition coefficient (Wildman–Crippen LogP) is 2.67. The molecule has 0 heterocycles. The summed E-state index contributed by atoms with van der Waals surface area (Å²) in [6.45, 7) is 10.9. The SMILES string of the molecule is CCOC(=O)N[C@@H]1[C@H]2CC[C@@](C)([C@@H]1NC(=O)OCC)C2(C)C. The molecule has 2 fully saturated rings. The van der Waals surface area contributed by atoms with E-state index in [0.717, 1.165) is 12.8 Å². The number of rotatable bonds is 4. The van der Waals surface area contributed by atoms with Gasteiger partial charge in [-0.1, -0.05) is 20.8 Å². The number of fused-ring (bicyclic) bond motifs is 2. The van der Waals surface area contributed by atoms with Crippen molar-refractivity contribution in [2.75, 3.05) is 13.2 Å². The third-order valence-electron chi connectivity index (χ3n) is 5.96. The summed E-state index contributed by atoms with van der Waals surface area (Å²) in [5, 5.41) is 5.93. The molecule has 0 aliphatic heterocycles. The fourth-order valence-electron chi connectivity index (χ4n) is 4.42. The molecule has 0 unspecified atom stereocenters. The van der Waals surface area contributed by atoms with Crippen molar-refractivity contribution in [1.29, 1.82) is 0 Å². The molecular weight excluding hydrogens is 284 g/mol. The summed E-state index contributed by atoms with van der Waals surface area (Å²) in [5.74, 6) is 0.314. The minimum Gasteiger partial charge on any atom is -0.450 e. The zero-order valence-electron chi connectivity index (χ0n) is 14.2. The number of amides is 2. The summed E-state index contributed by atoms with van der Waals surface area (Å²) >= 11 is 0. The van der Waals surface area contributed by atoms with Gasteiger partial charge in [0.25, 0.3) is 0 Å². The monoisotopic (exact) mass is 312 g/mol. The van der Waals surface area contributed by atoms with Crippen LogP contribution in [0.25, 0.3) is 0 Å². The van der Waals surface area contributed by atoms with Crippen molar-refractivity contribution in [3.8, 4) is 0 Å². The fraction of sp³-hybridized carbons (Fsp3) is 0.875. The van der Waals surface area contributed by atoms with E-state index in [0.29, 0.717) is 19.1 Å². The molecule has 126 valence electrons. The smallest absolute Gasteiger partial charge is 0.407 e. The van der Waals surface area contributed by atoms with Crippen molar-refractivity contribution in [3.05, 3.63) is 0 Å². The maximum Gasteiger partial charge on any atom is 0.407 e. The van der Waals surface area contributed by atoms with Crippen LogP contribution in [0.15, 0.2) is 0 Å². The van der Waals surface area contributed by atoms with E-state index in [1.165, 1.54) is 0 Å². The molecule has 2 rings (SSSR count). The Morgan fingerprint density at radius 2 is 1.59 bits per heavy atom. The molecule has 2 aliphatic rings. The van der Waals surface area contributed by atoms with Crippen LogP contribution in [0.4, 0.5) is 9.59 Å². The molecule has 0 aromatic heterocycles. The molecule has 0 spiro atoms. The van der Waals surface area contributed by atoms with Gasteiger partial charge in [0.2, 0.25) is 0 Å². The number of hydrogen-bond donors (Lipinski definition) is 2. The number of alkyl carbamates (subject to hydrolysis) is 2. The van der Waals surface area contributed by atoms with Crippen molar-refractivity contribution in [3.63, 3.8) is 0 Å². The lowest BCUT2D eigenvalue weighted by Gasteiger charge is -2.40. The van der Waals surface area contributed by atoms with Crippen molar-refractivity contribution >= 4 is 12.2 Å². The van der Waals surface area contributed by atoms with Crippen LogP contribution in [-0.2, 0) is 9.47 Å². The van der Waals surface area contributed by atoms with Crippen LogP contribution in [0, 0.1) is 16.7 Å². The van der Waals surface area contributed by atoms with Crippen LogP contribution in [0.3, 0.4) is 0 Å². The zero-order chi connectivity index (χ0) is 16.5. The number of carbonyl (C=O) groups excluding carboxylic acids is 2. The highest BCUT2D eigenvalue weighted by molar-refractivity contribution is 5.70. The summed E-state index contributed by atoms with van der Waals surface area (Å²) in [6.07, 6.45) is 1.23. The topological polar surface area (TPSA) is 76.7 Å². The highest BCUT2D eigenvalue weighted by Crippen LogP contribution is 2.65. The van der Waals surface area contributed by atoms with E-state index in [4.69, 9.17) is 9.47 Å². The Hall–Kier alpha value is -1.46. The van der Waals surface area contributed by atoms with Gasteiger partial charge in [-0.15, -0.1) is 0 Å². The third-order valence-corrected chi connectivity index (χ3v) is 5.96. The number of nitrogens with one attached hydrogen (secondary N) is 2. The second-order valence-corrected chi connectivity index (χ2v) is 7.02. The van der Waals surface area contributed by atoms with Gasteiger partial charge in [-0.05, 0) is 43.4 Å². The van der Waals surface area contributed by atoms with Crippen LogP contribution in [-0.4, -0.2) is 37.5 Å². The predicted molar refractivity (Wildman–Crippen MR) is 82.5 cm³/mol. The fourth-order valence-corrected chi connectivity index (χ4v) is 4.42. The first-order valence-electron chi connectivity index (χ1n) is 8.14. The Balaban J connectivity index is 2.21. The molecule has 22 heavy (non-hydrogen) atoms. The van der Waals surface area contributed by atoms with E-state index < -0.39 is 12.2 Å². The van der Waals surface area contributed by atoms with Crippen LogP contribution < -0.4 is 10.6 Å². The maximum absolute atomic E-state index is 11.9. The van der Waals surface area contributed by atoms with Crippen LogP contribution in [0.1, 0.15) is 47.5 Å². The quantitative estimate of drug-likeness (QED) is 0.836. The van der Waals surface area contributed by atoms with Crippen LogP contribution >= 0.6 is 0 Å². The molecule has 2 N–H and O–H groups in total. The average molecular weight is 312 g/mol. The number of ether oxygens (including phenoxy) is 2. The van der Waals surface area contributed by atoms with Crippen molar-refractivity contribution in [2.24, 2.45) is 16.7 Å². The molecule has 0 radical (unpaired) electrons. The average Bonchev–Trinajstić information content (AvgIpc) is 2.73. The minimum atomic E-state index is -0.423. The van der Waals surface area contributed by atoms with E-state index >= 15 is 0 Å². The van der Waals surface area contributed by atoms with E-state index in [2.05, 4.69) is 31.4 Å². The first kappa shape index (κ1) is 16.9. The molecule has 6 nitrogen and oxygen atoms in total. The van der Waals surface area contributed by atoms with Crippen molar-refractivity contribution < 1.29 is 19.1 Å². The van der Waals surface area contributed by atoms with Gasteiger partial charge in [0.05, 0.1) is 25.3 Å². The molecule has 0 saturated heterocycles.